The molecule has 0 saturated carbocycles. The fourth-order valence-electron chi connectivity index (χ4n) is 4.56. The number of aromatic nitrogens is 4. The van der Waals surface area contributed by atoms with Gasteiger partial charge in [-0.25, -0.2) is 15.0 Å². The van der Waals surface area contributed by atoms with Crippen LogP contribution < -0.4 is 0 Å². The van der Waals surface area contributed by atoms with Crippen molar-refractivity contribution in [3.05, 3.63) is 121 Å². The van der Waals surface area contributed by atoms with Gasteiger partial charge >= 0.3 is 0 Å². The first-order chi connectivity index (χ1) is 18.3. The largest absolute Gasteiger partial charge is 0.456 e. The van der Waals surface area contributed by atoms with E-state index in [4.69, 9.17) is 19.4 Å². The van der Waals surface area contributed by atoms with Gasteiger partial charge in [0.1, 0.15) is 16.9 Å². The van der Waals surface area contributed by atoms with Crippen LogP contribution >= 0.6 is 0 Å². The molecule has 0 fully saturated rings. The van der Waals surface area contributed by atoms with Gasteiger partial charge in [0, 0.05) is 28.1 Å². The quantitative estimate of drug-likeness (QED) is 0.259. The molecule has 0 amide bonds. The molecule has 0 aliphatic heterocycles. The molecule has 0 N–H and O–H groups in total. The number of furan rings is 1. The molecule has 7 rings (SSSR count). The molecular weight excluding hydrogens is 456 g/mol. The predicted molar refractivity (Wildman–Crippen MR) is 147 cm³/mol. The highest BCUT2D eigenvalue weighted by Crippen LogP contribution is 2.33. The Labute approximate surface area is 213 Å². The van der Waals surface area contributed by atoms with E-state index in [1.807, 2.05) is 91.0 Å². The Hall–Kier alpha value is -5.16. The van der Waals surface area contributed by atoms with Crippen molar-refractivity contribution in [2.24, 2.45) is 0 Å². The molecule has 0 radical (unpaired) electrons. The molecular formula is C32H20N4O. The predicted octanol–water partition coefficient (Wildman–Crippen LogP) is 7.83. The Morgan fingerprint density at radius 2 is 1.03 bits per heavy atom. The molecule has 5 nitrogen and oxygen atoms in total. The second kappa shape index (κ2) is 8.81. The summed E-state index contributed by atoms with van der Waals surface area (Å²) in [7, 11) is 0. The van der Waals surface area contributed by atoms with E-state index in [1.54, 1.807) is 6.20 Å². The normalized spacial score (nSPS) is 11.2. The van der Waals surface area contributed by atoms with E-state index in [0.717, 1.165) is 44.2 Å². The van der Waals surface area contributed by atoms with Gasteiger partial charge in [0.05, 0.1) is 0 Å². The minimum atomic E-state index is 0.527. The zero-order chi connectivity index (χ0) is 24.6. The maximum Gasteiger partial charge on any atom is 0.182 e. The molecule has 4 aromatic carbocycles. The summed E-state index contributed by atoms with van der Waals surface area (Å²) in [5.74, 6) is 1.75. The number of nitrogens with zero attached hydrogens (tertiary/aromatic N) is 4. The van der Waals surface area contributed by atoms with Gasteiger partial charge in [-0.05, 0) is 41.5 Å². The second-order valence-corrected chi connectivity index (χ2v) is 8.78. The van der Waals surface area contributed by atoms with Crippen LogP contribution in [0.5, 0.6) is 0 Å². The first-order valence-electron chi connectivity index (χ1n) is 12.1. The van der Waals surface area contributed by atoms with Crippen LogP contribution in [0.15, 0.2) is 126 Å². The first kappa shape index (κ1) is 21.1. The minimum Gasteiger partial charge on any atom is -0.456 e. The van der Waals surface area contributed by atoms with Crippen LogP contribution in [0.2, 0.25) is 0 Å². The zero-order valence-corrected chi connectivity index (χ0v) is 19.7. The molecule has 0 saturated heterocycles. The van der Waals surface area contributed by atoms with Crippen molar-refractivity contribution < 1.29 is 4.42 Å². The minimum absolute atomic E-state index is 0.527. The molecule has 3 heterocycles. The van der Waals surface area contributed by atoms with Gasteiger partial charge in [-0.2, -0.15) is 0 Å². The summed E-state index contributed by atoms with van der Waals surface area (Å²) < 4.78 is 6.11. The second-order valence-electron chi connectivity index (χ2n) is 8.78. The maximum absolute atomic E-state index is 6.11. The highest BCUT2D eigenvalue weighted by atomic mass is 16.3. The smallest absolute Gasteiger partial charge is 0.182 e. The Balaban J connectivity index is 1.35. The van der Waals surface area contributed by atoms with Gasteiger partial charge in [0.2, 0.25) is 0 Å². The van der Waals surface area contributed by atoms with Crippen LogP contribution in [-0.2, 0) is 0 Å². The fraction of sp³-hybridized carbons (Fsp3) is 0. The van der Waals surface area contributed by atoms with Crippen molar-refractivity contribution in [3.8, 4) is 45.4 Å². The number of para-hydroxylation sites is 1. The van der Waals surface area contributed by atoms with Gasteiger partial charge in [-0.1, -0.05) is 84.9 Å². The number of hydrogen-bond acceptors (Lipinski definition) is 5. The van der Waals surface area contributed by atoms with E-state index < -0.39 is 0 Å². The van der Waals surface area contributed by atoms with E-state index in [-0.39, 0.29) is 0 Å². The van der Waals surface area contributed by atoms with Gasteiger partial charge in [-0.15, -0.1) is 0 Å². The van der Waals surface area contributed by atoms with E-state index in [1.165, 1.54) is 0 Å². The highest BCUT2D eigenvalue weighted by molar-refractivity contribution is 6.05. The van der Waals surface area contributed by atoms with Crippen molar-refractivity contribution in [3.63, 3.8) is 0 Å². The fourth-order valence-corrected chi connectivity index (χ4v) is 4.56. The third-order valence-electron chi connectivity index (χ3n) is 6.40. The SMILES string of the molecule is c1ccc(-c2nc(-c3ccccc3)nc(-c3cc(-c4ccc5c(c4)oc4ccccc45)ccn3)n2)cc1. The van der Waals surface area contributed by atoms with Gasteiger partial charge < -0.3 is 4.42 Å². The number of pyridine rings is 1. The van der Waals surface area contributed by atoms with Crippen molar-refractivity contribution in [2.75, 3.05) is 0 Å². The molecule has 0 spiro atoms. The average Bonchev–Trinajstić information content (AvgIpc) is 3.36. The van der Waals surface area contributed by atoms with E-state index >= 15 is 0 Å². The van der Waals surface area contributed by atoms with E-state index in [0.29, 0.717) is 23.2 Å². The zero-order valence-electron chi connectivity index (χ0n) is 19.7. The summed E-state index contributed by atoms with van der Waals surface area (Å²) in [6.07, 6.45) is 1.79. The Morgan fingerprint density at radius 3 is 1.76 bits per heavy atom. The van der Waals surface area contributed by atoms with Crippen LogP contribution in [0.25, 0.3) is 67.4 Å². The Morgan fingerprint density at radius 1 is 0.432 bits per heavy atom. The summed E-state index contributed by atoms with van der Waals surface area (Å²) >= 11 is 0. The summed E-state index contributed by atoms with van der Waals surface area (Å²) in [6.45, 7) is 0. The number of rotatable bonds is 4. The maximum atomic E-state index is 6.11. The molecule has 0 aliphatic rings. The van der Waals surface area contributed by atoms with Crippen molar-refractivity contribution >= 4 is 21.9 Å². The van der Waals surface area contributed by atoms with Gasteiger partial charge in [0.15, 0.2) is 17.5 Å². The van der Waals surface area contributed by atoms with E-state index in [2.05, 4.69) is 29.2 Å². The topological polar surface area (TPSA) is 64.7 Å². The highest BCUT2D eigenvalue weighted by Gasteiger charge is 2.14. The third-order valence-corrected chi connectivity index (χ3v) is 6.40. The summed E-state index contributed by atoms with van der Waals surface area (Å²) in [5, 5.41) is 2.22. The summed E-state index contributed by atoms with van der Waals surface area (Å²) in [5.41, 5.74) is 6.32. The van der Waals surface area contributed by atoms with Crippen LogP contribution in [-0.4, -0.2) is 19.9 Å². The molecule has 0 bridgehead atoms. The molecule has 0 atom stereocenters. The standard InChI is InChI=1S/C32H20N4O/c1-3-9-21(10-4-1)30-34-31(22-11-5-2-6-12-22)36-32(35-30)27-19-24(17-18-33-27)23-15-16-26-25-13-7-8-14-28(25)37-29(26)20-23/h1-20H. The third kappa shape index (κ3) is 3.93. The first-order valence-corrected chi connectivity index (χ1v) is 12.1. The number of hydrogen-bond donors (Lipinski definition) is 0. The van der Waals surface area contributed by atoms with Crippen molar-refractivity contribution in [2.45, 2.75) is 0 Å². The van der Waals surface area contributed by atoms with Crippen molar-refractivity contribution in [1.82, 2.24) is 19.9 Å². The van der Waals surface area contributed by atoms with Crippen LogP contribution in [0.1, 0.15) is 0 Å². The van der Waals surface area contributed by atoms with Crippen LogP contribution in [0, 0.1) is 0 Å². The summed E-state index contributed by atoms with van der Waals surface area (Å²) in [4.78, 5) is 19.0. The van der Waals surface area contributed by atoms with Gasteiger partial charge in [-0.3, -0.25) is 4.98 Å². The van der Waals surface area contributed by atoms with Gasteiger partial charge in [0.25, 0.3) is 0 Å². The van der Waals surface area contributed by atoms with Crippen molar-refractivity contribution in [1.29, 1.82) is 0 Å². The molecule has 37 heavy (non-hydrogen) atoms. The molecule has 5 heteroatoms. The molecule has 3 aromatic heterocycles. The van der Waals surface area contributed by atoms with Crippen LogP contribution in [0.4, 0.5) is 0 Å². The lowest BCUT2D eigenvalue weighted by molar-refractivity contribution is 0.669. The van der Waals surface area contributed by atoms with Crippen LogP contribution in [0.3, 0.4) is 0 Å². The lowest BCUT2D eigenvalue weighted by atomic mass is 10.0. The Bertz CT molecular complexity index is 1820. The molecule has 0 unspecified atom stereocenters. The average molecular weight is 477 g/mol. The van der Waals surface area contributed by atoms with E-state index in [9.17, 15) is 0 Å². The number of fused-ring (bicyclic) bond motifs is 3. The lowest BCUT2D eigenvalue weighted by Gasteiger charge is -2.09. The monoisotopic (exact) mass is 476 g/mol. The Kier molecular flexibility index (Phi) is 5.03. The molecule has 7 aromatic rings. The molecule has 0 aliphatic carbocycles. The number of benzene rings is 4. The summed E-state index contributed by atoms with van der Waals surface area (Å²) in [6, 6.07) is 38.3. The molecule has 174 valence electrons. The lowest BCUT2D eigenvalue weighted by Crippen LogP contribution is -2.01.